The maximum absolute atomic E-state index is 13.1. The van der Waals surface area contributed by atoms with Crippen molar-refractivity contribution in [3.63, 3.8) is 0 Å². The van der Waals surface area contributed by atoms with Crippen molar-refractivity contribution < 1.29 is 24.0 Å². The van der Waals surface area contributed by atoms with Crippen LogP contribution < -0.4 is 5.32 Å². The van der Waals surface area contributed by atoms with E-state index in [1.54, 1.807) is 0 Å². The highest BCUT2D eigenvalue weighted by atomic mass is 16.2. The maximum Gasteiger partial charge on any atom is 0.333 e. The van der Waals surface area contributed by atoms with Crippen LogP contribution in [0.3, 0.4) is 0 Å². The van der Waals surface area contributed by atoms with E-state index in [0.29, 0.717) is 38.1 Å². The second-order valence-electron chi connectivity index (χ2n) is 10.3. The van der Waals surface area contributed by atoms with Crippen molar-refractivity contribution in [2.75, 3.05) is 13.6 Å². The van der Waals surface area contributed by atoms with Gasteiger partial charge in [0.2, 0.25) is 11.8 Å². The Morgan fingerprint density at radius 3 is 2.16 bits per heavy atom. The molecule has 0 radical (unpaired) electrons. The summed E-state index contributed by atoms with van der Waals surface area (Å²) in [5, 5.41) is 2.85. The van der Waals surface area contributed by atoms with Gasteiger partial charge >= 0.3 is 12.1 Å². The van der Waals surface area contributed by atoms with Crippen molar-refractivity contribution in [1.29, 1.82) is 0 Å². The molecule has 1 N–H and O–H groups in total. The fraction of sp³-hybridized carbons (Fsp3) is 0.773. The number of nitrogens with one attached hydrogen (secondary N) is 1. The lowest BCUT2D eigenvalue weighted by Crippen LogP contribution is -2.64. The molecule has 3 saturated carbocycles. The molecular weight excluding hydrogens is 400 g/mol. The van der Waals surface area contributed by atoms with Gasteiger partial charge in [-0.1, -0.05) is 12.8 Å². The van der Waals surface area contributed by atoms with Gasteiger partial charge in [0.25, 0.3) is 5.91 Å². The van der Waals surface area contributed by atoms with Crippen molar-refractivity contribution in [2.45, 2.75) is 82.2 Å². The van der Waals surface area contributed by atoms with Crippen LogP contribution in [0.2, 0.25) is 0 Å². The molecule has 2 spiro atoms. The molecule has 2 heterocycles. The first-order valence-electron chi connectivity index (χ1n) is 11.5. The molecule has 2 aliphatic heterocycles. The van der Waals surface area contributed by atoms with E-state index in [0.717, 1.165) is 43.4 Å². The van der Waals surface area contributed by atoms with Gasteiger partial charge in [0.15, 0.2) is 0 Å². The second-order valence-corrected chi connectivity index (χ2v) is 10.3. The third-order valence-electron chi connectivity index (χ3n) is 8.32. The number of urea groups is 2. The Morgan fingerprint density at radius 2 is 1.58 bits per heavy atom. The highest BCUT2D eigenvalue weighted by molar-refractivity contribution is 6.14. The molecule has 31 heavy (non-hydrogen) atoms. The molecule has 7 amide bonds. The molecule has 0 aromatic carbocycles. The fourth-order valence-corrected chi connectivity index (χ4v) is 6.69. The van der Waals surface area contributed by atoms with E-state index in [1.807, 2.05) is 0 Å². The highest BCUT2D eigenvalue weighted by Crippen LogP contribution is 2.58. The van der Waals surface area contributed by atoms with Gasteiger partial charge in [-0.3, -0.25) is 29.1 Å². The molecule has 3 aliphatic carbocycles. The van der Waals surface area contributed by atoms with Crippen LogP contribution in [-0.4, -0.2) is 69.7 Å². The lowest BCUT2D eigenvalue weighted by atomic mass is 9.51. The predicted molar refractivity (Wildman–Crippen MR) is 108 cm³/mol. The second kappa shape index (κ2) is 7.03. The quantitative estimate of drug-likeness (QED) is 0.544. The van der Waals surface area contributed by atoms with Gasteiger partial charge in [-0.15, -0.1) is 0 Å². The number of carbonyl (C=O) groups excluding carboxylic acids is 5. The number of barbiturate groups is 1. The number of rotatable bonds is 3. The first kappa shape index (κ1) is 20.5. The zero-order valence-corrected chi connectivity index (χ0v) is 18.0. The first-order valence-corrected chi connectivity index (χ1v) is 11.5. The maximum atomic E-state index is 13.1. The van der Waals surface area contributed by atoms with Crippen LogP contribution in [0.4, 0.5) is 9.59 Å². The summed E-state index contributed by atoms with van der Waals surface area (Å²) in [5.74, 6) is -0.566. The van der Waals surface area contributed by atoms with Crippen LogP contribution in [0.25, 0.3) is 0 Å². The van der Waals surface area contributed by atoms with Crippen LogP contribution in [-0.2, 0) is 14.4 Å². The smallest absolute Gasteiger partial charge is 0.323 e. The Kier molecular flexibility index (Phi) is 4.64. The largest absolute Gasteiger partial charge is 0.333 e. The average molecular weight is 431 g/mol. The van der Waals surface area contributed by atoms with Crippen LogP contribution in [0.1, 0.15) is 70.6 Å². The SMILES string of the molecule is CN1C(=O)NC2(CC3(CCC(N4C(=O)CC(=O)N(CC5CCCC5)C4=O)CC3)C2)C1=O. The van der Waals surface area contributed by atoms with Crippen LogP contribution in [0.5, 0.6) is 0 Å². The molecular formula is C22H30N4O5. The number of hydrogen-bond donors (Lipinski definition) is 1. The summed E-state index contributed by atoms with van der Waals surface area (Å²) < 4.78 is 0. The van der Waals surface area contributed by atoms with E-state index in [4.69, 9.17) is 0 Å². The first-order chi connectivity index (χ1) is 14.7. The summed E-state index contributed by atoms with van der Waals surface area (Å²) in [6, 6.07) is -0.984. The predicted octanol–water partition coefficient (Wildman–Crippen LogP) is 2.00. The van der Waals surface area contributed by atoms with Crippen molar-refractivity contribution in [3.05, 3.63) is 0 Å². The number of imide groups is 3. The van der Waals surface area contributed by atoms with Gasteiger partial charge in [-0.2, -0.15) is 0 Å². The van der Waals surface area contributed by atoms with Crippen molar-refractivity contribution in [2.24, 2.45) is 11.3 Å². The summed E-state index contributed by atoms with van der Waals surface area (Å²) in [6.45, 7) is 0.427. The summed E-state index contributed by atoms with van der Waals surface area (Å²) in [7, 11) is 1.50. The molecule has 0 unspecified atom stereocenters. The highest BCUT2D eigenvalue weighted by Gasteiger charge is 2.64. The number of hydrogen-bond acceptors (Lipinski definition) is 5. The van der Waals surface area contributed by atoms with Gasteiger partial charge in [-0.05, 0) is 62.7 Å². The normalized spacial score (nSPS) is 36.7. The number of likely N-dealkylation sites (N-methyl/N-ethyl adjacent to an activating group) is 1. The standard InChI is InChI=1S/C22H30N4O5/c1-24-18(29)22(23-19(24)30)12-21(13-22)8-6-15(7-9-21)26-17(28)10-16(27)25(20(26)31)11-14-4-2-3-5-14/h14-15H,2-13H2,1H3,(H,23,30). The monoisotopic (exact) mass is 430 g/mol. The molecule has 5 aliphatic rings. The minimum Gasteiger partial charge on any atom is -0.323 e. The zero-order chi connectivity index (χ0) is 22.0. The number of nitrogens with zero attached hydrogens (tertiary/aromatic N) is 3. The van der Waals surface area contributed by atoms with E-state index in [2.05, 4.69) is 5.32 Å². The minimum absolute atomic E-state index is 0.0220. The molecule has 0 bridgehead atoms. The van der Waals surface area contributed by atoms with Gasteiger partial charge < -0.3 is 5.32 Å². The van der Waals surface area contributed by atoms with Crippen LogP contribution >= 0.6 is 0 Å². The molecule has 5 rings (SSSR count). The Morgan fingerprint density at radius 1 is 0.935 bits per heavy atom. The molecule has 9 heteroatoms. The molecule has 0 aromatic heterocycles. The van der Waals surface area contributed by atoms with Gasteiger partial charge in [0.05, 0.1) is 0 Å². The van der Waals surface area contributed by atoms with E-state index >= 15 is 0 Å². The summed E-state index contributed by atoms with van der Waals surface area (Å²) in [6.07, 6.45) is 8.31. The zero-order valence-electron chi connectivity index (χ0n) is 18.0. The lowest BCUT2D eigenvalue weighted by molar-refractivity contribution is -0.146. The van der Waals surface area contributed by atoms with E-state index < -0.39 is 11.6 Å². The third kappa shape index (κ3) is 3.15. The van der Waals surface area contributed by atoms with Crippen LogP contribution in [0.15, 0.2) is 0 Å². The molecule has 168 valence electrons. The third-order valence-corrected chi connectivity index (χ3v) is 8.32. The van der Waals surface area contributed by atoms with Crippen LogP contribution in [0, 0.1) is 11.3 Å². The van der Waals surface area contributed by atoms with Gasteiger partial charge in [-0.25, -0.2) is 9.59 Å². The van der Waals surface area contributed by atoms with Crippen molar-refractivity contribution in [3.8, 4) is 0 Å². The Labute approximate surface area is 181 Å². The molecule has 0 aromatic rings. The Hall–Kier alpha value is -2.45. The van der Waals surface area contributed by atoms with Gasteiger partial charge in [0.1, 0.15) is 12.0 Å². The van der Waals surface area contributed by atoms with E-state index in [1.165, 1.54) is 16.8 Å². The molecule has 0 atom stereocenters. The summed E-state index contributed by atoms with van der Waals surface area (Å²) >= 11 is 0. The summed E-state index contributed by atoms with van der Waals surface area (Å²) in [5.41, 5.74) is -0.786. The topological polar surface area (TPSA) is 107 Å². The van der Waals surface area contributed by atoms with E-state index in [9.17, 15) is 24.0 Å². The Balaban J connectivity index is 1.22. The summed E-state index contributed by atoms with van der Waals surface area (Å²) in [4.78, 5) is 66.3. The van der Waals surface area contributed by atoms with Gasteiger partial charge in [0, 0.05) is 19.6 Å². The van der Waals surface area contributed by atoms with E-state index in [-0.39, 0.29) is 41.6 Å². The minimum atomic E-state index is -0.764. The number of amides is 7. The molecule has 2 saturated heterocycles. The number of carbonyl (C=O) groups is 5. The van der Waals surface area contributed by atoms with Crippen molar-refractivity contribution >= 4 is 29.8 Å². The van der Waals surface area contributed by atoms with Crippen molar-refractivity contribution in [1.82, 2.24) is 20.0 Å². The Bertz CT molecular complexity index is 848. The molecule has 9 nitrogen and oxygen atoms in total. The average Bonchev–Trinajstić information content (AvgIpc) is 3.29. The molecule has 5 fully saturated rings. The fourth-order valence-electron chi connectivity index (χ4n) is 6.69. The lowest BCUT2D eigenvalue weighted by Gasteiger charge is -2.56.